The Bertz CT molecular complexity index is 268. The Hall–Kier alpha value is -0.960. The number of anilines is 1. The van der Waals surface area contributed by atoms with Crippen molar-refractivity contribution in [2.75, 3.05) is 11.1 Å². The van der Waals surface area contributed by atoms with Crippen molar-refractivity contribution in [3.8, 4) is 0 Å². The minimum Gasteiger partial charge on any atom is -0.325 e. The minimum absolute atomic E-state index is 0.0813. The number of carbonyl (C=O) groups is 1. The van der Waals surface area contributed by atoms with Crippen LogP contribution in [0.5, 0.6) is 0 Å². The van der Waals surface area contributed by atoms with Gasteiger partial charge in [-0.1, -0.05) is 17.7 Å². The molecule has 0 radical (unpaired) electrons. The molecule has 64 valence electrons. The molecule has 1 rings (SSSR count). The van der Waals surface area contributed by atoms with Crippen molar-refractivity contribution in [2.45, 2.75) is 6.92 Å². The maximum Gasteiger partial charge on any atom is 0.234 e. The summed E-state index contributed by atoms with van der Waals surface area (Å²) in [7, 11) is 0. The van der Waals surface area contributed by atoms with Gasteiger partial charge in [-0.15, -0.1) is 0 Å². The van der Waals surface area contributed by atoms with E-state index in [9.17, 15) is 4.79 Å². The highest BCUT2D eigenvalue weighted by Crippen LogP contribution is 2.08. The van der Waals surface area contributed by atoms with Crippen LogP contribution in [0.4, 0.5) is 5.69 Å². The summed E-state index contributed by atoms with van der Waals surface area (Å²) in [6.07, 6.45) is 0. The maximum atomic E-state index is 10.9. The first kappa shape index (κ1) is 9.13. The van der Waals surface area contributed by atoms with Gasteiger partial charge in [0, 0.05) is 5.69 Å². The lowest BCUT2D eigenvalue weighted by atomic mass is 10.2. The molecule has 0 spiro atoms. The van der Waals surface area contributed by atoms with E-state index in [-0.39, 0.29) is 11.7 Å². The largest absolute Gasteiger partial charge is 0.325 e. The molecule has 0 atom stereocenters. The smallest absolute Gasteiger partial charge is 0.234 e. The van der Waals surface area contributed by atoms with E-state index in [2.05, 4.69) is 17.9 Å². The second kappa shape index (κ2) is 4.16. The molecule has 0 fully saturated rings. The summed E-state index contributed by atoms with van der Waals surface area (Å²) in [6, 6.07) is 7.65. The van der Waals surface area contributed by atoms with E-state index in [0.717, 1.165) is 5.69 Å². The highest BCUT2D eigenvalue weighted by atomic mass is 32.1. The van der Waals surface area contributed by atoms with Crippen molar-refractivity contribution in [2.24, 2.45) is 0 Å². The Morgan fingerprint density at radius 2 is 2.00 bits per heavy atom. The van der Waals surface area contributed by atoms with Gasteiger partial charge in [0.05, 0.1) is 5.75 Å². The van der Waals surface area contributed by atoms with Crippen molar-refractivity contribution in [1.82, 2.24) is 0 Å². The van der Waals surface area contributed by atoms with E-state index in [1.807, 2.05) is 31.2 Å². The number of nitrogens with one attached hydrogen (secondary N) is 1. The van der Waals surface area contributed by atoms with Gasteiger partial charge >= 0.3 is 0 Å². The molecule has 0 saturated heterocycles. The molecule has 0 bridgehead atoms. The van der Waals surface area contributed by atoms with Crippen LogP contribution in [0.3, 0.4) is 0 Å². The highest BCUT2D eigenvalue weighted by Gasteiger charge is 1.97. The van der Waals surface area contributed by atoms with Gasteiger partial charge in [0.1, 0.15) is 0 Å². The fourth-order valence-electron chi connectivity index (χ4n) is 0.837. The molecular weight excluding hydrogens is 170 g/mol. The molecule has 1 N–H and O–H groups in total. The van der Waals surface area contributed by atoms with E-state index in [1.54, 1.807) is 0 Å². The molecular formula is C9H11NOS. The average Bonchev–Trinajstić information content (AvgIpc) is 2.09. The molecule has 0 heterocycles. The monoisotopic (exact) mass is 181 g/mol. The summed E-state index contributed by atoms with van der Waals surface area (Å²) in [6.45, 7) is 2.00. The molecule has 0 saturated carbocycles. The number of aryl methyl sites for hydroxylation is 1. The number of thiol groups is 1. The Morgan fingerprint density at radius 3 is 2.50 bits per heavy atom. The summed E-state index contributed by atoms with van der Waals surface area (Å²) >= 11 is 3.85. The van der Waals surface area contributed by atoms with Gasteiger partial charge in [-0.3, -0.25) is 4.79 Å². The van der Waals surface area contributed by atoms with Gasteiger partial charge in [0.25, 0.3) is 0 Å². The van der Waals surface area contributed by atoms with Crippen LogP contribution >= 0.6 is 12.6 Å². The minimum atomic E-state index is -0.0813. The van der Waals surface area contributed by atoms with Crippen molar-refractivity contribution < 1.29 is 4.79 Å². The lowest BCUT2D eigenvalue weighted by molar-refractivity contribution is -0.113. The normalized spacial score (nSPS) is 9.50. The van der Waals surface area contributed by atoms with E-state index < -0.39 is 0 Å². The number of rotatable bonds is 2. The number of benzene rings is 1. The fourth-order valence-corrected chi connectivity index (χ4v) is 0.916. The van der Waals surface area contributed by atoms with Gasteiger partial charge in [0.15, 0.2) is 0 Å². The first-order valence-electron chi connectivity index (χ1n) is 3.70. The molecule has 0 aromatic heterocycles. The third-order valence-corrected chi connectivity index (χ3v) is 1.77. The summed E-state index contributed by atoms with van der Waals surface area (Å²) < 4.78 is 0. The summed E-state index contributed by atoms with van der Waals surface area (Å²) in [5, 5.41) is 2.70. The zero-order valence-electron chi connectivity index (χ0n) is 6.87. The number of hydrogen-bond donors (Lipinski definition) is 2. The summed E-state index contributed by atoms with van der Waals surface area (Å²) in [4.78, 5) is 10.9. The van der Waals surface area contributed by atoms with Crippen LogP contribution in [-0.2, 0) is 4.79 Å². The Kier molecular flexibility index (Phi) is 3.17. The van der Waals surface area contributed by atoms with Crippen LogP contribution in [0.1, 0.15) is 5.56 Å². The molecule has 2 nitrogen and oxygen atoms in total. The number of hydrogen-bond acceptors (Lipinski definition) is 2. The molecule has 0 aliphatic carbocycles. The first-order chi connectivity index (χ1) is 5.72. The molecule has 0 aliphatic rings. The Morgan fingerprint density at radius 1 is 1.42 bits per heavy atom. The molecule has 1 aromatic rings. The van der Waals surface area contributed by atoms with Gasteiger partial charge in [-0.05, 0) is 19.1 Å². The fraction of sp³-hybridized carbons (Fsp3) is 0.222. The average molecular weight is 181 g/mol. The van der Waals surface area contributed by atoms with Crippen LogP contribution in [0.15, 0.2) is 24.3 Å². The number of carbonyl (C=O) groups excluding carboxylic acids is 1. The predicted octanol–water partition coefficient (Wildman–Crippen LogP) is 1.86. The molecule has 0 aliphatic heterocycles. The quantitative estimate of drug-likeness (QED) is 0.670. The van der Waals surface area contributed by atoms with Crippen LogP contribution in [0.25, 0.3) is 0 Å². The predicted molar refractivity (Wildman–Crippen MR) is 53.7 cm³/mol. The molecule has 1 aromatic carbocycles. The first-order valence-corrected chi connectivity index (χ1v) is 4.33. The third-order valence-electron chi connectivity index (χ3n) is 1.48. The topological polar surface area (TPSA) is 29.1 Å². The molecule has 3 heteroatoms. The van der Waals surface area contributed by atoms with Crippen LogP contribution in [0, 0.1) is 6.92 Å². The Labute approximate surface area is 77.4 Å². The van der Waals surface area contributed by atoms with Gasteiger partial charge < -0.3 is 5.32 Å². The lowest BCUT2D eigenvalue weighted by Gasteiger charge is -2.02. The second-order valence-electron chi connectivity index (χ2n) is 2.57. The standard InChI is InChI=1S/C9H11NOS/c1-7-2-4-8(5-3-7)10-9(11)6-12/h2-5,12H,6H2,1H3,(H,10,11). The van der Waals surface area contributed by atoms with Crippen molar-refractivity contribution >= 4 is 24.2 Å². The SMILES string of the molecule is Cc1ccc(NC(=O)CS)cc1. The summed E-state index contributed by atoms with van der Waals surface area (Å²) in [5.74, 6) is 0.135. The van der Waals surface area contributed by atoms with Gasteiger partial charge in [-0.2, -0.15) is 12.6 Å². The van der Waals surface area contributed by atoms with Crippen LogP contribution < -0.4 is 5.32 Å². The van der Waals surface area contributed by atoms with Gasteiger partial charge in [0.2, 0.25) is 5.91 Å². The lowest BCUT2D eigenvalue weighted by Crippen LogP contribution is -2.12. The molecule has 0 unspecified atom stereocenters. The van der Waals surface area contributed by atoms with E-state index in [4.69, 9.17) is 0 Å². The second-order valence-corrected chi connectivity index (χ2v) is 2.89. The zero-order valence-corrected chi connectivity index (χ0v) is 7.77. The van der Waals surface area contributed by atoms with E-state index >= 15 is 0 Å². The Balaban J connectivity index is 2.64. The van der Waals surface area contributed by atoms with Crippen molar-refractivity contribution in [1.29, 1.82) is 0 Å². The van der Waals surface area contributed by atoms with Gasteiger partial charge in [-0.25, -0.2) is 0 Å². The summed E-state index contributed by atoms with van der Waals surface area (Å²) in [5.41, 5.74) is 2.00. The van der Waals surface area contributed by atoms with E-state index in [0.29, 0.717) is 0 Å². The van der Waals surface area contributed by atoms with E-state index in [1.165, 1.54) is 5.56 Å². The van der Waals surface area contributed by atoms with Crippen LogP contribution in [0.2, 0.25) is 0 Å². The molecule has 12 heavy (non-hydrogen) atoms. The third kappa shape index (κ3) is 2.58. The molecule has 1 amide bonds. The van der Waals surface area contributed by atoms with Crippen LogP contribution in [-0.4, -0.2) is 11.7 Å². The zero-order chi connectivity index (χ0) is 8.97. The maximum absolute atomic E-state index is 10.9. The van der Waals surface area contributed by atoms with Crippen molar-refractivity contribution in [3.63, 3.8) is 0 Å². The highest BCUT2D eigenvalue weighted by molar-refractivity contribution is 7.81. The van der Waals surface area contributed by atoms with Crippen molar-refractivity contribution in [3.05, 3.63) is 29.8 Å². The number of amides is 1.